The number of aromatic nitrogens is 4. The van der Waals surface area contributed by atoms with Crippen LogP contribution in [0.1, 0.15) is 28.1 Å². The van der Waals surface area contributed by atoms with Crippen LogP contribution in [-0.4, -0.2) is 19.9 Å². The molecule has 10 rings (SSSR count). The van der Waals surface area contributed by atoms with Gasteiger partial charge >= 0.3 is 0 Å². The molecule has 266 valence electrons. The third-order valence-corrected chi connectivity index (χ3v) is 10.2. The Bertz CT molecular complexity index is 3200. The third-order valence-electron chi connectivity index (χ3n) is 10.2. The maximum atomic E-state index is 5.46. The predicted molar refractivity (Wildman–Crippen MR) is 236 cm³/mol. The van der Waals surface area contributed by atoms with Crippen molar-refractivity contribution in [2.45, 2.75) is 0 Å². The Balaban J connectivity index is 1.39. The molecule has 0 unspecified atom stereocenters. The zero-order valence-corrected chi connectivity index (χ0v) is 30.8. The molecule has 4 heteroatoms. The minimum Gasteiger partial charge on any atom is -0.354 e. The summed E-state index contributed by atoms with van der Waals surface area (Å²) in [5.74, 6) is 13.9. The van der Waals surface area contributed by atoms with Crippen LogP contribution < -0.4 is 0 Å². The summed E-state index contributed by atoms with van der Waals surface area (Å²) in [6, 6.07) is 62.5. The second kappa shape index (κ2) is 14.6. The summed E-state index contributed by atoms with van der Waals surface area (Å²) >= 11 is 0. The highest BCUT2D eigenvalue weighted by atomic mass is 14.8. The lowest BCUT2D eigenvalue weighted by atomic mass is 10.00. The van der Waals surface area contributed by atoms with Gasteiger partial charge in [0.1, 0.15) is 0 Å². The molecule has 0 saturated heterocycles. The summed E-state index contributed by atoms with van der Waals surface area (Å²) in [4.78, 5) is 17.0. The van der Waals surface area contributed by atoms with E-state index in [1.165, 1.54) is 0 Å². The van der Waals surface area contributed by atoms with Crippen molar-refractivity contribution in [3.8, 4) is 57.1 Å². The van der Waals surface area contributed by atoms with Crippen molar-refractivity contribution in [3.63, 3.8) is 0 Å². The summed E-state index contributed by atoms with van der Waals surface area (Å²) in [6.45, 7) is 0. The molecule has 0 saturated carbocycles. The maximum absolute atomic E-state index is 5.46. The number of nitrogens with zero attached hydrogens (tertiary/aromatic N) is 1. The highest BCUT2D eigenvalue weighted by molar-refractivity contribution is 6.05. The molecular weight excluding hydrogens is 693 g/mol. The normalized spacial score (nSPS) is 11.3. The number of hydrogen-bond acceptors (Lipinski definition) is 1. The van der Waals surface area contributed by atoms with Crippen LogP contribution in [0.25, 0.3) is 78.1 Å². The van der Waals surface area contributed by atoms with Crippen LogP contribution >= 0.6 is 0 Å². The van der Waals surface area contributed by atoms with E-state index in [2.05, 4.69) is 154 Å². The molecule has 4 nitrogen and oxygen atoms in total. The maximum Gasteiger partial charge on any atom is 0.0894 e. The lowest BCUT2D eigenvalue weighted by molar-refractivity contribution is 1.31. The number of rotatable bonds is 3. The first-order valence-corrected chi connectivity index (χ1v) is 19.0. The van der Waals surface area contributed by atoms with Crippen molar-refractivity contribution >= 4 is 44.7 Å². The van der Waals surface area contributed by atoms with E-state index in [4.69, 9.17) is 4.98 Å². The SMILES string of the molecule is C(#Cc1ccccc1)C1=Cc2nc1c(-c1ccccc1)c1ccc([nH]1)c(-c1ccccc1)c1ccc([nH]1)c(-c1ccccc1)c1[nH]c2cc1C#Cc1ccccc1. The fourth-order valence-corrected chi connectivity index (χ4v) is 7.55. The van der Waals surface area contributed by atoms with Gasteiger partial charge in [0.25, 0.3) is 0 Å². The first-order valence-electron chi connectivity index (χ1n) is 19.0. The molecule has 0 radical (unpaired) electrons. The number of aromatic amines is 3. The van der Waals surface area contributed by atoms with Crippen LogP contribution in [-0.2, 0) is 0 Å². The smallest absolute Gasteiger partial charge is 0.0894 e. The van der Waals surface area contributed by atoms with Gasteiger partial charge in [-0.1, -0.05) is 151 Å². The second-order valence-corrected chi connectivity index (χ2v) is 13.9. The van der Waals surface area contributed by atoms with Crippen LogP contribution in [0.2, 0.25) is 0 Å². The molecule has 0 aliphatic carbocycles. The summed E-state index contributed by atoms with van der Waals surface area (Å²) < 4.78 is 0. The average molecular weight is 727 g/mol. The Morgan fingerprint density at radius 3 is 1.35 bits per heavy atom. The largest absolute Gasteiger partial charge is 0.354 e. The molecule has 5 heterocycles. The molecule has 0 spiro atoms. The highest BCUT2D eigenvalue weighted by Crippen LogP contribution is 2.38. The Morgan fingerprint density at radius 2 is 0.807 bits per heavy atom. The van der Waals surface area contributed by atoms with Crippen molar-refractivity contribution in [1.82, 2.24) is 19.9 Å². The number of H-pyrrole nitrogens is 3. The molecule has 1 aliphatic rings. The van der Waals surface area contributed by atoms with Gasteiger partial charge in [-0.3, -0.25) is 0 Å². The Kier molecular flexibility index (Phi) is 8.61. The van der Waals surface area contributed by atoms with Crippen molar-refractivity contribution < 1.29 is 0 Å². The van der Waals surface area contributed by atoms with Gasteiger partial charge in [-0.2, -0.15) is 0 Å². The molecule has 0 amide bonds. The highest BCUT2D eigenvalue weighted by Gasteiger charge is 2.20. The monoisotopic (exact) mass is 726 g/mol. The van der Waals surface area contributed by atoms with E-state index in [0.29, 0.717) is 0 Å². The Morgan fingerprint density at radius 1 is 0.368 bits per heavy atom. The van der Waals surface area contributed by atoms with Crippen LogP contribution in [0.4, 0.5) is 0 Å². The van der Waals surface area contributed by atoms with E-state index in [-0.39, 0.29) is 0 Å². The minimum atomic E-state index is 0.780. The number of allylic oxidation sites excluding steroid dienone is 1. The van der Waals surface area contributed by atoms with Crippen molar-refractivity contribution in [1.29, 1.82) is 0 Å². The zero-order valence-electron chi connectivity index (χ0n) is 30.8. The van der Waals surface area contributed by atoms with E-state index >= 15 is 0 Å². The first kappa shape index (κ1) is 33.5. The van der Waals surface area contributed by atoms with Crippen molar-refractivity contribution in [2.24, 2.45) is 0 Å². The molecule has 5 aromatic carbocycles. The second-order valence-electron chi connectivity index (χ2n) is 13.9. The predicted octanol–water partition coefficient (Wildman–Crippen LogP) is 12.5. The van der Waals surface area contributed by atoms with Gasteiger partial charge in [0.15, 0.2) is 0 Å². The van der Waals surface area contributed by atoms with Gasteiger partial charge in [-0.15, -0.1) is 0 Å². The minimum absolute atomic E-state index is 0.780. The van der Waals surface area contributed by atoms with E-state index in [9.17, 15) is 0 Å². The zero-order chi connectivity index (χ0) is 38.0. The molecule has 8 bridgehead atoms. The molecule has 3 N–H and O–H groups in total. The Hall–Kier alpha value is -8.05. The third kappa shape index (κ3) is 6.59. The summed E-state index contributed by atoms with van der Waals surface area (Å²) in [7, 11) is 0. The Labute approximate surface area is 330 Å². The molecule has 0 fully saturated rings. The molecule has 4 aromatic heterocycles. The lowest BCUT2D eigenvalue weighted by Gasteiger charge is -2.06. The lowest BCUT2D eigenvalue weighted by Crippen LogP contribution is -1.89. The van der Waals surface area contributed by atoms with Crippen molar-refractivity contribution in [2.75, 3.05) is 0 Å². The molecule has 0 atom stereocenters. The van der Waals surface area contributed by atoms with Crippen LogP contribution in [0, 0.1) is 23.7 Å². The van der Waals surface area contributed by atoms with Gasteiger partial charge in [-0.25, -0.2) is 4.98 Å². The summed E-state index contributed by atoms with van der Waals surface area (Å²) in [5.41, 5.74) is 17.0. The van der Waals surface area contributed by atoms with Gasteiger partial charge in [-0.05, 0) is 77.4 Å². The topological polar surface area (TPSA) is 60.3 Å². The fourth-order valence-electron chi connectivity index (χ4n) is 7.55. The molecular formula is C53H34N4. The van der Waals surface area contributed by atoms with Gasteiger partial charge in [0.2, 0.25) is 0 Å². The number of fused-ring (bicyclic) bond motifs is 9. The summed E-state index contributed by atoms with van der Waals surface area (Å²) in [6.07, 6.45) is 2.10. The average Bonchev–Trinajstić information content (AvgIpc) is 4.10. The number of nitrogens with one attached hydrogen (secondary N) is 3. The number of hydrogen-bond donors (Lipinski definition) is 3. The van der Waals surface area contributed by atoms with Crippen LogP contribution in [0.15, 0.2) is 182 Å². The van der Waals surface area contributed by atoms with Crippen molar-refractivity contribution in [3.05, 3.63) is 210 Å². The van der Waals surface area contributed by atoms with Gasteiger partial charge < -0.3 is 15.0 Å². The molecule has 9 aromatic rings. The molecule has 57 heavy (non-hydrogen) atoms. The fraction of sp³-hybridized carbons (Fsp3) is 0. The van der Waals surface area contributed by atoms with Gasteiger partial charge in [0.05, 0.1) is 33.6 Å². The van der Waals surface area contributed by atoms with E-state index in [1.807, 2.05) is 72.8 Å². The van der Waals surface area contributed by atoms with Crippen LogP contribution in [0.3, 0.4) is 0 Å². The number of benzene rings is 5. The quantitative estimate of drug-likeness (QED) is 0.156. The standard InChI is InChI=1S/C53H34N4/c1-6-16-36(17-7-1)26-28-41-34-47-48-35-42(29-27-37-18-8-2-9-19-37)53(57-48)51(40-24-14-5-15-25-40)46-33-31-44(55-46)49(38-20-10-3-11-21-38)43-30-32-45(54-43)50(52(41)56-47)39-22-12-4-13-23-39/h1-25,30-35,54-56H. The van der Waals surface area contributed by atoms with E-state index < -0.39 is 0 Å². The summed E-state index contributed by atoms with van der Waals surface area (Å²) in [5, 5.41) is 0. The van der Waals surface area contributed by atoms with Gasteiger partial charge in [0, 0.05) is 49.9 Å². The van der Waals surface area contributed by atoms with E-state index in [0.717, 1.165) is 100 Å². The molecule has 1 aliphatic heterocycles. The van der Waals surface area contributed by atoms with Crippen LogP contribution in [0.5, 0.6) is 0 Å². The van der Waals surface area contributed by atoms with E-state index in [1.54, 1.807) is 0 Å². The first-order chi connectivity index (χ1) is 28.2.